The number of ketones is 6. The van der Waals surface area contributed by atoms with E-state index in [4.69, 9.17) is 52.8 Å². The molecule has 0 radical (unpaired) electrons. The van der Waals surface area contributed by atoms with E-state index in [9.17, 15) is 69.0 Å². The molecular formula is C88H74Cl4O16Zn. The van der Waals surface area contributed by atoms with Gasteiger partial charge in [-0.25, -0.2) is 0 Å². The van der Waals surface area contributed by atoms with Gasteiger partial charge in [0, 0.05) is 66.8 Å². The molecule has 109 heavy (non-hydrogen) atoms. The monoisotopic (exact) mass is 1590 g/mol. The fourth-order valence-corrected chi connectivity index (χ4v) is 10.7. The summed E-state index contributed by atoms with van der Waals surface area (Å²) in [6.45, 7) is 13.6. The Morgan fingerprint density at radius 2 is 0.413 bits per heavy atom. The van der Waals surface area contributed by atoms with E-state index in [0.29, 0.717) is 50.1 Å². The van der Waals surface area contributed by atoms with Gasteiger partial charge in [0.1, 0.15) is 46.0 Å². The van der Waals surface area contributed by atoms with Gasteiger partial charge in [-0.3, -0.25) is 38.4 Å². The zero-order valence-electron chi connectivity index (χ0n) is 60.3. The number of aromatic hydroxyl groups is 8. The molecule has 0 amide bonds. The van der Waals surface area contributed by atoms with E-state index in [-0.39, 0.29) is 96.1 Å². The van der Waals surface area contributed by atoms with Crippen molar-refractivity contribution in [3.63, 3.8) is 0 Å². The van der Waals surface area contributed by atoms with Crippen LogP contribution in [0.5, 0.6) is 46.0 Å². The summed E-state index contributed by atoms with van der Waals surface area (Å²) in [6, 6.07) is 70.7. The van der Waals surface area contributed by atoms with Crippen molar-refractivity contribution in [3.05, 3.63) is 377 Å². The number of carbonyl (C=O) groups is 8. The number of aryl methyl sites for hydroxylation is 4. The molecule has 0 aromatic heterocycles. The van der Waals surface area contributed by atoms with Gasteiger partial charge in [-0.15, -0.1) is 0 Å². The predicted molar refractivity (Wildman–Crippen MR) is 421 cm³/mol. The van der Waals surface area contributed by atoms with Crippen molar-refractivity contribution < 1.29 is 94.4 Å². The summed E-state index contributed by atoms with van der Waals surface area (Å²) < 4.78 is 0. The van der Waals surface area contributed by atoms with Gasteiger partial charge in [0.15, 0.2) is 34.7 Å². The maximum atomic E-state index is 12.9. The quantitative estimate of drug-likeness (QED) is 0.0285. The summed E-state index contributed by atoms with van der Waals surface area (Å²) >= 11 is 9.47. The first kappa shape index (κ1) is 86.1. The van der Waals surface area contributed by atoms with Crippen molar-refractivity contribution >= 4 is 87.8 Å². The van der Waals surface area contributed by atoms with Crippen molar-refractivity contribution in [1.82, 2.24) is 0 Å². The Hall–Kier alpha value is -11.8. The molecule has 0 fully saturated rings. The summed E-state index contributed by atoms with van der Waals surface area (Å²) in [5.41, 5.74) is 8.03. The van der Waals surface area contributed by atoms with E-state index in [0.717, 1.165) is 22.3 Å². The third-order valence-electron chi connectivity index (χ3n) is 16.5. The number of carbonyl (C=O) groups excluding carboxylic acids is 8. The molecule has 0 aliphatic rings. The normalized spacial score (nSPS) is 10.0. The number of halogens is 4. The Morgan fingerprint density at radius 3 is 0.606 bits per heavy atom. The van der Waals surface area contributed by atoms with Gasteiger partial charge in [-0.1, -0.05) is 222 Å². The Morgan fingerprint density at radius 1 is 0.229 bits per heavy atom. The van der Waals surface area contributed by atoms with Gasteiger partial charge in [0.25, 0.3) is 10.5 Å². The van der Waals surface area contributed by atoms with Crippen LogP contribution in [-0.4, -0.2) is 86.0 Å². The van der Waals surface area contributed by atoms with Crippen LogP contribution >= 0.6 is 42.6 Å². The molecule has 8 N–H and O–H groups in total. The number of hydrogen-bond acceptors (Lipinski definition) is 16. The van der Waals surface area contributed by atoms with Gasteiger partial charge in [0.2, 0.25) is 0 Å². The van der Waals surface area contributed by atoms with Gasteiger partial charge in [-0.2, -0.15) is 0 Å². The molecular weight excluding hydrogens is 1520 g/mol. The number of rotatable bonds is 14. The van der Waals surface area contributed by atoms with Crippen LogP contribution in [-0.2, 0) is 15.1 Å². The van der Waals surface area contributed by atoms with Gasteiger partial charge in [0.05, 0.1) is 33.4 Å². The molecule has 0 atom stereocenters. The van der Waals surface area contributed by atoms with Crippen molar-refractivity contribution in [1.29, 1.82) is 0 Å². The van der Waals surface area contributed by atoms with Crippen molar-refractivity contribution in [2.75, 3.05) is 0 Å². The molecule has 0 spiro atoms. The zero-order valence-corrected chi connectivity index (χ0v) is 66.3. The van der Waals surface area contributed by atoms with Crippen molar-refractivity contribution in [2.45, 2.75) is 55.4 Å². The van der Waals surface area contributed by atoms with Crippen molar-refractivity contribution in [3.8, 4) is 46.0 Å². The van der Waals surface area contributed by atoms with E-state index in [1.807, 2.05) is 64.1 Å². The molecule has 12 aromatic rings. The minimum atomic E-state index is -0.931. The third kappa shape index (κ3) is 23.6. The summed E-state index contributed by atoms with van der Waals surface area (Å²) in [4.78, 5) is 97.7. The Balaban J connectivity index is 0.000000214. The van der Waals surface area contributed by atoms with Crippen molar-refractivity contribution in [2.24, 2.45) is 0 Å². The third-order valence-corrected chi connectivity index (χ3v) is 16.9. The first-order chi connectivity index (χ1) is 51.8. The second kappa shape index (κ2) is 41.3. The Kier molecular flexibility index (Phi) is 32.7. The van der Waals surface area contributed by atoms with Crippen LogP contribution in [0.3, 0.4) is 0 Å². The summed E-state index contributed by atoms with van der Waals surface area (Å²) in [6.07, 6.45) is 0. The number of benzene rings is 12. The summed E-state index contributed by atoms with van der Waals surface area (Å²) in [5.74, 6) is -4.12. The van der Waals surface area contributed by atoms with Gasteiger partial charge in [-0.05, 0) is 133 Å². The summed E-state index contributed by atoms with van der Waals surface area (Å²) in [7, 11) is 9.90. The second-order valence-electron chi connectivity index (χ2n) is 24.4. The standard InChI is InChI=1S/C23H20O4.C22H18O4.C21H16O4.C8H7ClO.C7H5ClO.C7H8O2.2ClH.Zn/c1-13-6-4-8-16(10-13)22(26)18-12-19(21(25)15(3)20(18)24)23(27)17-9-5-7-14(2)11-17;1-13-7-6-10-16(11-13)22(26)18-12-17(19(23)14(2)20(18)24)21(25)15-8-4-3-5-9-15;1-13-18(22)16(20(24)14-8-4-2-5-9-14)12-17(19(13)23)21(25)15-10-6-3-7-11-15;1-6-3-2-4-7(5-6)8(9)10;8-7(9)6-4-2-1-3-5-6;1-5-6(8)3-2-4-7(5)9;;;/h4-12,24-25H,1-3H3;3-12,23-24H,1-2H3;2-12,22-23H,1H3;2-5H,1H3;1-5H;2-4,8-9H,1H3;2*1H;/q;;;;;;;;+2/p-2. The van der Waals surface area contributed by atoms with Crippen LogP contribution in [0.25, 0.3) is 0 Å². The predicted octanol–water partition coefficient (Wildman–Crippen LogP) is 19.8. The van der Waals surface area contributed by atoms with Crippen LogP contribution in [0, 0.1) is 55.4 Å². The van der Waals surface area contributed by atoms with E-state index in [2.05, 4.69) is 0 Å². The first-order valence-electron chi connectivity index (χ1n) is 33.2. The van der Waals surface area contributed by atoms with E-state index in [1.165, 1.54) is 51.1 Å². The molecule has 0 saturated carbocycles. The Labute approximate surface area is 656 Å². The van der Waals surface area contributed by atoms with Gasteiger partial charge < -0.3 is 40.9 Å². The van der Waals surface area contributed by atoms with Crippen LogP contribution in [0.15, 0.2) is 255 Å². The average Bonchev–Trinajstić information content (AvgIpc) is 0.794. The van der Waals surface area contributed by atoms with Crippen LogP contribution in [0.1, 0.15) is 161 Å². The van der Waals surface area contributed by atoms with E-state index < -0.39 is 60.3 Å². The second-order valence-corrected chi connectivity index (χ2v) is 29.7. The number of phenolic OH excluding ortho intramolecular Hbond substituents is 8. The Bertz CT molecular complexity index is 5110. The topological polar surface area (TPSA) is 298 Å². The molecule has 0 aliphatic carbocycles. The molecule has 552 valence electrons. The molecule has 0 unspecified atom stereocenters. The molecule has 16 nitrogen and oxygen atoms in total. The van der Waals surface area contributed by atoms with Crippen LogP contribution in [0.2, 0.25) is 0 Å². The fourth-order valence-electron chi connectivity index (χ4n) is 10.4. The maximum absolute atomic E-state index is 12.9. The number of phenols is 8. The van der Waals surface area contributed by atoms with Gasteiger partial charge >= 0.3 is 34.5 Å². The van der Waals surface area contributed by atoms with E-state index >= 15 is 0 Å². The molecule has 0 bridgehead atoms. The SMILES string of the molecule is Cc1c(O)c(C(=O)c2ccccc2)cc(C(=O)c2ccccc2)c1O.Cc1c(O)cccc1O.Cc1cccc(C(=O)Cl)c1.Cc1cccc(C(=O)c2cc(C(=O)c3cccc(C)c3)c(O)c(C)c2O)c1.Cc1cccc(C(=O)c2cc(C(=O)c3ccccc3)c(O)c(C)c2O)c1.O=C(Cl)c1ccccc1.[Cl][Zn][Cl]. The molecule has 0 saturated heterocycles. The van der Waals surface area contributed by atoms with Crippen LogP contribution < -0.4 is 0 Å². The zero-order chi connectivity index (χ0) is 80.3. The molecule has 0 heterocycles. The minimum absolute atomic E-state index is 0.00750. The molecule has 12 aromatic carbocycles. The fraction of sp³-hybridized carbons (Fsp3) is 0.0909. The first-order valence-corrected chi connectivity index (χ1v) is 41.8. The van der Waals surface area contributed by atoms with E-state index in [1.54, 1.807) is 195 Å². The average molecular weight is 1590 g/mol. The molecule has 0 aliphatic heterocycles. The summed E-state index contributed by atoms with van der Waals surface area (Å²) in [5, 5.41) is 79.2. The molecule has 21 heteroatoms. The van der Waals surface area contributed by atoms with Crippen LogP contribution in [0.4, 0.5) is 0 Å². The molecule has 12 rings (SSSR count). The number of hydrogen-bond donors (Lipinski definition) is 8.